The predicted octanol–water partition coefficient (Wildman–Crippen LogP) is 2.37. The third kappa shape index (κ3) is 3.07. The lowest BCUT2D eigenvalue weighted by Gasteiger charge is -2.22. The summed E-state index contributed by atoms with van der Waals surface area (Å²) in [5.41, 5.74) is -0.446. The van der Waals surface area contributed by atoms with Gasteiger partial charge in [0.05, 0.1) is 4.92 Å². The van der Waals surface area contributed by atoms with Gasteiger partial charge in [-0.05, 0) is 35.4 Å². The number of aliphatic hydroxyl groups is 1. The first-order valence-corrected chi connectivity index (χ1v) is 6.53. The molecule has 1 unspecified atom stereocenters. The van der Waals surface area contributed by atoms with E-state index in [1.54, 1.807) is 6.92 Å². The van der Waals surface area contributed by atoms with Gasteiger partial charge < -0.3 is 10.4 Å². The van der Waals surface area contributed by atoms with E-state index in [0.29, 0.717) is 0 Å². The number of rotatable bonds is 5. The van der Waals surface area contributed by atoms with Crippen molar-refractivity contribution in [2.45, 2.75) is 12.5 Å². The fourth-order valence-electron chi connectivity index (χ4n) is 1.61. The minimum atomic E-state index is -1.11. The Hall–Kier alpha value is -1.99. The molecule has 0 saturated heterocycles. The molecule has 0 spiro atoms. The lowest BCUT2D eigenvalue weighted by molar-refractivity contribution is -0.384. The van der Waals surface area contributed by atoms with Gasteiger partial charge in [-0.25, -0.2) is 4.98 Å². The van der Waals surface area contributed by atoms with Crippen LogP contribution in [0.4, 0.5) is 11.5 Å². The summed E-state index contributed by atoms with van der Waals surface area (Å²) >= 11 is 1.48. The van der Waals surface area contributed by atoms with Crippen molar-refractivity contribution in [2.75, 3.05) is 11.9 Å². The Morgan fingerprint density at radius 1 is 1.58 bits per heavy atom. The Morgan fingerprint density at radius 3 is 3.00 bits per heavy atom. The maximum Gasteiger partial charge on any atom is 0.311 e. The summed E-state index contributed by atoms with van der Waals surface area (Å²) in [6, 6.07) is 4.69. The second-order valence-corrected chi connectivity index (χ2v) is 5.05. The van der Waals surface area contributed by atoms with E-state index >= 15 is 0 Å². The first-order valence-electron chi connectivity index (χ1n) is 5.59. The van der Waals surface area contributed by atoms with Crippen molar-refractivity contribution in [3.63, 3.8) is 0 Å². The van der Waals surface area contributed by atoms with Crippen LogP contribution in [0.2, 0.25) is 0 Å². The average Bonchev–Trinajstić information content (AvgIpc) is 2.91. The zero-order valence-electron chi connectivity index (χ0n) is 10.2. The van der Waals surface area contributed by atoms with Crippen molar-refractivity contribution >= 4 is 22.8 Å². The second-order valence-electron chi connectivity index (χ2n) is 4.27. The molecule has 0 aromatic carbocycles. The first kappa shape index (κ1) is 13.4. The topological polar surface area (TPSA) is 88.3 Å². The van der Waals surface area contributed by atoms with Crippen LogP contribution in [0.5, 0.6) is 0 Å². The van der Waals surface area contributed by atoms with Gasteiger partial charge in [-0.2, -0.15) is 11.3 Å². The Balaban J connectivity index is 2.13. The van der Waals surface area contributed by atoms with E-state index in [4.69, 9.17) is 0 Å². The van der Waals surface area contributed by atoms with Crippen molar-refractivity contribution in [1.82, 2.24) is 4.98 Å². The molecule has 0 radical (unpaired) electrons. The molecule has 2 rings (SSSR count). The molecule has 19 heavy (non-hydrogen) atoms. The van der Waals surface area contributed by atoms with Crippen LogP contribution < -0.4 is 5.32 Å². The number of nitrogens with zero attached hydrogens (tertiary/aromatic N) is 2. The molecule has 2 N–H and O–H groups in total. The van der Waals surface area contributed by atoms with Crippen LogP contribution in [0.15, 0.2) is 35.2 Å². The highest BCUT2D eigenvalue weighted by atomic mass is 32.1. The summed E-state index contributed by atoms with van der Waals surface area (Å²) < 4.78 is 0. The average molecular weight is 279 g/mol. The van der Waals surface area contributed by atoms with Gasteiger partial charge in [0.1, 0.15) is 5.60 Å². The number of hydrogen-bond donors (Lipinski definition) is 2. The molecule has 2 aromatic rings. The number of nitrogens with one attached hydrogen (secondary N) is 1. The molecule has 0 aliphatic heterocycles. The van der Waals surface area contributed by atoms with Crippen LogP contribution in [-0.4, -0.2) is 21.6 Å². The molecular formula is C12H13N3O3S. The van der Waals surface area contributed by atoms with E-state index in [0.717, 1.165) is 5.56 Å². The number of pyridine rings is 1. The largest absolute Gasteiger partial charge is 0.384 e. The van der Waals surface area contributed by atoms with Gasteiger partial charge in [0.15, 0.2) is 0 Å². The number of nitro groups is 1. The molecule has 0 saturated carbocycles. The molecule has 100 valence electrons. The van der Waals surface area contributed by atoms with Gasteiger partial charge in [0.25, 0.3) is 0 Å². The third-order valence-corrected chi connectivity index (χ3v) is 3.41. The van der Waals surface area contributed by atoms with Gasteiger partial charge in [-0.3, -0.25) is 10.1 Å². The first-order chi connectivity index (χ1) is 9.00. The second kappa shape index (κ2) is 5.33. The maximum atomic E-state index is 10.8. The Bertz CT molecular complexity index is 569. The summed E-state index contributed by atoms with van der Waals surface area (Å²) in [6.07, 6.45) is 1.47. The zero-order valence-corrected chi connectivity index (χ0v) is 11.1. The maximum absolute atomic E-state index is 10.8. The molecule has 2 heterocycles. The molecule has 1 atom stereocenters. The van der Waals surface area contributed by atoms with E-state index in [9.17, 15) is 15.2 Å². The van der Waals surface area contributed by atoms with Crippen LogP contribution in [-0.2, 0) is 5.60 Å². The van der Waals surface area contributed by atoms with E-state index in [1.165, 1.54) is 29.7 Å². The highest BCUT2D eigenvalue weighted by molar-refractivity contribution is 7.08. The fraction of sp³-hybridized carbons (Fsp3) is 0.250. The van der Waals surface area contributed by atoms with Crippen molar-refractivity contribution < 1.29 is 10.0 Å². The fourth-order valence-corrected chi connectivity index (χ4v) is 2.39. The molecule has 0 bridgehead atoms. The quantitative estimate of drug-likeness (QED) is 0.648. The van der Waals surface area contributed by atoms with E-state index in [2.05, 4.69) is 10.3 Å². The molecule has 7 heteroatoms. The van der Waals surface area contributed by atoms with Crippen molar-refractivity contribution in [3.8, 4) is 0 Å². The minimum absolute atomic E-state index is 0.108. The van der Waals surface area contributed by atoms with Gasteiger partial charge in [-0.15, -0.1) is 0 Å². The number of thiophene rings is 1. The van der Waals surface area contributed by atoms with Crippen LogP contribution in [0, 0.1) is 10.1 Å². The lowest BCUT2D eigenvalue weighted by atomic mass is 9.99. The van der Waals surface area contributed by atoms with Crippen LogP contribution >= 0.6 is 11.3 Å². The standard InChI is InChI=1S/C12H13N3O3S/c1-12(16,9-4-6-19-7-9)8-14-11-10(15(17)18)3-2-5-13-11/h2-7,16H,8H2,1H3,(H,13,14). The van der Waals surface area contributed by atoms with Gasteiger partial charge >= 0.3 is 5.69 Å². The van der Waals surface area contributed by atoms with E-state index < -0.39 is 10.5 Å². The van der Waals surface area contributed by atoms with Crippen LogP contribution in [0.25, 0.3) is 0 Å². The predicted molar refractivity (Wildman–Crippen MR) is 73.3 cm³/mol. The highest BCUT2D eigenvalue weighted by Crippen LogP contribution is 2.25. The summed E-state index contributed by atoms with van der Waals surface area (Å²) in [6.45, 7) is 1.79. The van der Waals surface area contributed by atoms with Crippen LogP contribution in [0.3, 0.4) is 0 Å². The summed E-state index contributed by atoms with van der Waals surface area (Å²) in [5, 5.41) is 27.7. The Labute approximate surface area is 113 Å². The number of aromatic nitrogens is 1. The van der Waals surface area contributed by atoms with Gasteiger partial charge in [0, 0.05) is 18.8 Å². The molecule has 6 nitrogen and oxygen atoms in total. The van der Waals surface area contributed by atoms with E-state index in [-0.39, 0.29) is 18.1 Å². The minimum Gasteiger partial charge on any atom is -0.384 e. The van der Waals surface area contributed by atoms with Crippen molar-refractivity contribution in [3.05, 3.63) is 50.8 Å². The summed E-state index contributed by atoms with van der Waals surface area (Å²) in [7, 11) is 0. The van der Waals surface area contributed by atoms with Crippen LogP contribution in [0.1, 0.15) is 12.5 Å². The molecule has 0 aliphatic rings. The SMILES string of the molecule is CC(O)(CNc1ncccc1[N+](=O)[O-])c1ccsc1. The van der Waals surface area contributed by atoms with Gasteiger partial charge in [0.2, 0.25) is 5.82 Å². The van der Waals surface area contributed by atoms with Gasteiger partial charge in [-0.1, -0.05) is 0 Å². The lowest BCUT2D eigenvalue weighted by Crippen LogP contribution is -2.30. The van der Waals surface area contributed by atoms with Crippen molar-refractivity contribution in [1.29, 1.82) is 0 Å². The third-order valence-electron chi connectivity index (χ3n) is 2.73. The highest BCUT2D eigenvalue weighted by Gasteiger charge is 2.25. The Morgan fingerprint density at radius 2 is 2.37 bits per heavy atom. The molecule has 0 amide bonds. The summed E-state index contributed by atoms with van der Waals surface area (Å²) in [5.74, 6) is 0.156. The normalized spacial score (nSPS) is 13.8. The molecule has 0 aliphatic carbocycles. The zero-order chi connectivity index (χ0) is 13.9. The monoisotopic (exact) mass is 279 g/mol. The smallest absolute Gasteiger partial charge is 0.311 e. The van der Waals surface area contributed by atoms with Crippen molar-refractivity contribution in [2.24, 2.45) is 0 Å². The summed E-state index contributed by atoms with van der Waals surface area (Å²) in [4.78, 5) is 14.3. The molecule has 2 aromatic heterocycles. The number of hydrogen-bond acceptors (Lipinski definition) is 6. The Kier molecular flexibility index (Phi) is 3.77. The molecular weight excluding hydrogens is 266 g/mol. The number of anilines is 1. The molecule has 0 fully saturated rings. The van der Waals surface area contributed by atoms with E-state index in [1.807, 2.05) is 16.8 Å².